The molecule has 0 aliphatic carbocycles. The Hall–Kier alpha value is -1.37. The van der Waals surface area contributed by atoms with Crippen LogP contribution in [0.5, 0.6) is 0 Å². The third-order valence-corrected chi connectivity index (χ3v) is 3.33. The summed E-state index contributed by atoms with van der Waals surface area (Å²) in [7, 11) is 0. The summed E-state index contributed by atoms with van der Waals surface area (Å²) in [4.78, 5) is 4.07. The standard InChI is InChI=1S/C13H8BrClN2/c14-11-6-9(8-17-13(11)7-16)5-10-3-1-2-4-12(10)15/h1-4,6,8H,5H2. The van der Waals surface area contributed by atoms with E-state index < -0.39 is 0 Å². The molecule has 84 valence electrons. The summed E-state index contributed by atoms with van der Waals surface area (Å²) < 4.78 is 0.713. The van der Waals surface area contributed by atoms with Crippen LogP contribution < -0.4 is 0 Å². The van der Waals surface area contributed by atoms with E-state index in [9.17, 15) is 0 Å². The Balaban J connectivity index is 2.29. The van der Waals surface area contributed by atoms with Crippen LogP contribution in [0.2, 0.25) is 5.02 Å². The van der Waals surface area contributed by atoms with E-state index in [0.29, 0.717) is 16.6 Å². The third-order valence-electron chi connectivity index (χ3n) is 2.36. The molecule has 4 heteroatoms. The molecule has 0 aliphatic rings. The minimum absolute atomic E-state index is 0.396. The summed E-state index contributed by atoms with van der Waals surface area (Å²) in [6, 6.07) is 11.6. The molecule has 0 saturated heterocycles. The Bertz CT molecular complexity index is 590. The van der Waals surface area contributed by atoms with Gasteiger partial charge in [0.2, 0.25) is 0 Å². The van der Waals surface area contributed by atoms with Crippen LogP contribution >= 0.6 is 27.5 Å². The Morgan fingerprint density at radius 3 is 2.76 bits per heavy atom. The van der Waals surface area contributed by atoms with Gasteiger partial charge in [0, 0.05) is 17.6 Å². The van der Waals surface area contributed by atoms with Crippen molar-refractivity contribution in [3.8, 4) is 6.07 Å². The average molecular weight is 308 g/mol. The van der Waals surface area contributed by atoms with E-state index in [1.54, 1.807) is 6.20 Å². The molecule has 0 aliphatic heterocycles. The molecule has 1 aromatic heterocycles. The number of halogens is 2. The number of nitrogens with zero attached hydrogens (tertiary/aromatic N) is 2. The van der Waals surface area contributed by atoms with Crippen molar-refractivity contribution < 1.29 is 0 Å². The zero-order valence-electron chi connectivity index (χ0n) is 8.82. The maximum atomic E-state index is 8.78. The highest BCUT2D eigenvalue weighted by Gasteiger charge is 2.05. The van der Waals surface area contributed by atoms with Crippen LogP contribution in [0.25, 0.3) is 0 Å². The number of aromatic nitrogens is 1. The van der Waals surface area contributed by atoms with Crippen molar-refractivity contribution in [2.24, 2.45) is 0 Å². The third kappa shape index (κ3) is 2.85. The summed E-state index contributed by atoms with van der Waals surface area (Å²) in [5.41, 5.74) is 2.46. The fourth-order valence-electron chi connectivity index (χ4n) is 1.52. The second-order valence-electron chi connectivity index (χ2n) is 3.55. The normalized spacial score (nSPS) is 9.94. The molecule has 0 amide bonds. The lowest BCUT2D eigenvalue weighted by Crippen LogP contribution is -1.93. The summed E-state index contributed by atoms with van der Waals surface area (Å²) in [6.45, 7) is 0. The lowest BCUT2D eigenvalue weighted by Gasteiger charge is -2.04. The van der Waals surface area contributed by atoms with Gasteiger partial charge in [-0.3, -0.25) is 0 Å². The monoisotopic (exact) mass is 306 g/mol. The topological polar surface area (TPSA) is 36.7 Å². The Labute approximate surface area is 113 Å². The summed E-state index contributed by atoms with van der Waals surface area (Å²) in [5, 5.41) is 9.52. The van der Waals surface area contributed by atoms with Gasteiger partial charge in [-0.1, -0.05) is 29.8 Å². The van der Waals surface area contributed by atoms with E-state index in [4.69, 9.17) is 16.9 Å². The van der Waals surface area contributed by atoms with Gasteiger partial charge < -0.3 is 0 Å². The van der Waals surface area contributed by atoms with Crippen LogP contribution in [0.4, 0.5) is 0 Å². The Morgan fingerprint density at radius 1 is 1.35 bits per heavy atom. The molecule has 0 saturated carbocycles. The number of pyridine rings is 1. The summed E-state index contributed by atoms with van der Waals surface area (Å²) >= 11 is 9.41. The summed E-state index contributed by atoms with van der Waals surface area (Å²) in [6.07, 6.45) is 2.41. The van der Waals surface area contributed by atoms with Crippen LogP contribution in [0.3, 0.4) is 0 Å². The molecule has 0 unspecified atom stereocenters. The largest absolute Gasteiger partial charge is 0.244 e. The smallest absolute Gasteiger partial charge is 0.154 e. The average Bonchev–Trinajstić information content (AvgIpc) is 2.32. The van der Waals surface area contributed by atoms with Crippen molar-refractivity contribution in [2.45, 2.75) is 6.42 Å². The molecular weight excluding hydrogens is 300 g/mol. The fourth-order valence-corrected chi connectivity index (χ4v) is 2.21. The van der Waals surface area contributed by atoms with E-state index in [1.807, 2.05) is 36.4 Å². The molecule has 1 aromatic carbocycles. The molecule has 2 aromatic rings. The van der Waals surface area contributed by atoms with Crippen LogP contribution in [-0.4, -0.2) is 4.98 Å². The highest BCUT2D eigenvalue weighted by Crippen LogP contribution is 2.21. The highest BCUT2D eigenvalue weighted by atomic mass is 79.9. The maximum absolute atomic E-state index is 8.78. The van der Waals surface area contributed by atoms with Crippen molar-refractivity contribution in [1.82, 2.24) is 4.98 Å². The first-order valence-electron chi connectivity index (χ1n) is 4.98. The van der Waals surface area contributed by atoms with Crippen molar-refractivity contribution in [2.75, 3.05) is 0 Å². The van der Waals surface area contributed by atoms with E-state index in [-0.39, 0.29) is 0 Å². The van der Waals surface area contributed by atoms with Gasteiger partial charge in [-0.15, -0.1) is 0 Å². The first-order chi connectivity index (χ1) is 8.20. The predicted octanol–water partition coefficient (Wildman–Crippen LogP) is 3.96. The number of hydrogen-bond donors (Lipinski definition) is 0. The minimum Gasteiger partial charge on any atom is -0.244 e. The van der Waals surface area contributed by atoms with Gasteiger partial charge in [-0.05, 0) is 39.2 Å². The molecule has 0 fully saturated rings. The van der Waals surface area contributed by atoms with Crippen LogP contribution in [0.15, 0.2) is 41.0 Å². The molecular formula is C13H8BrClN2. The van der Waals surface area contributed by atoms with Crippen LogP contribution in [-0.2, 0) is 6.42 Å². The second kappa shape index (κ2) is 5.31. The number of rotatable bonds is 2. The lowest BCUT2D eigenvalue weighted by molar-refractivity contribution is 1.12. The molecule has 0 spiro atoms. The molecule has 0 atom stereocenters. The Morgan fingerprint density at radius 2 is 2.12 bits per heavy atom. The molecule has 2 rings (SSSR count). The fraction of sp³-hybridized carbons (Fsp3) is 0.0769. The maximum Gasteiger partial charge on any atom is 0.154 e. The number of nitriles is 1. The second-order valence-corrected chi connectivity index (χ2v) is 4.82. The zero-order valence-corrected chi connectivity index (χ0v) is 11.2. The van der Waals surface area contributed by atoms with E-state index in [1.165, 1.54) is 0 Å². The van der Waals surface area contributed by atoms with Crippen molar-refractivity contribution in [1.29, 1.82) is 5.26 Å². The van der Waals surface area contributed by atoms with Crippen LogP contribution in [0, 0.1) is 11.3 Å². The van der Waals surface area contributed by atoms with Crippen molar-refractivity contribution in [3.63, 3.8) is 0 Å². The number of benzene rings is 1. The number of hydrogen-bond acceptors (Lipinski definition) is 2. The van der Waals surface area contributed by atoms with Crippen molar-refractivity contribution in [3.05, 3.63) is 62.8 Å². The van der Waals surface area contributed by atoms with Crippen molar-refractivity contribution >= 4 is 27.5 Å². The first-order valence-corrected chi connectivity index (χ1v) is 6.15. The van der Waals surface area contributed by atoms with E-state index >= 15 is 0 Å². The quantitative estimate of drug-likeness (QED) is 0.842. The zero-order chi connectivity index (χ0) is 12.3. The SMILES string of the molecule is N#Cc1ncc(Cc2ccccc2Cl)cc1Br. The first kappa shape index (κ1) is 12.1. The van der Waals surface area contributed by atoms with Gasteiger partial charge in [0.1, 0.15) is 6.07 Å². The van der Waals surface area contributed by atoms with Gasteiger partial charge in [0.05, 0.1) is 4.47 Å². The van der Waals surface area contributed by atoms with Crippen LogP contribution in [0.1, 0.15) is 16.8 Å². The molecule has 2 nitrogen and oxygen atoms in total. The van der Waals surface area contributed by atoms with E-state index in [0.717, 1.165) is 16.1 Å². The molecule has 0 bridgehead atoms. The molecule has 1 heterocycles. The summed E-state index contributed by atoms with van der Waals surface area (Å²) in [5.74, 6) is 0. The van der Waals surface area contributed by atoms with Gasteiger partial charge in [0.25, 0.3) is 0 Å². The highest BCUT2D eigenvalue weighted by molar-refractivity contribution is 9.10. The van der Waals surface area contributed by atoms with E-state index in [2.05, 4.69) is 20.9 Å². The molecule has 17 heavy (non-hydrogen) atoms. The Kier molecular flexibility index (Phi) is 3.78. The van der Waals surface area contributed by atoms with Gasteiger partial charge in [-0.2, -0.15) is 5.26 Å². The minimum atomic E-state index is 0.396. The lowest BCUT2D eigenvalue weighted by atomic mass is 10.1. The van der Waals surface area contributed by atoms with Gasteiger partial charge in [0.15, 0.2) is 5.69 Å². The molecule has 0 radical (unpaired) electrons. The molecule has 0 N–H and O–H groups in total. The van der Waals surface area contributed by atoms with Gasteiger partial charge in [-0.25, -0.2) is 4.98 Å². The van der Waals surface area contributed by atoms with Gasteiger partial charge >= 0.3 is 0 Å². The predicted molar refractivity (Wildman–Crippen MR) is 70.9 cm³/mol.